The second-order valence-corrected chi connectivity index (χ2v) is 9.41. The summed E-state index contributed by atoms with van der Waals surface area (Å²) in [4.78, 5) is 22.6. The second-order valence-electron chi connectivity index (χ2n) is 9.41. The van der Waals surface area contributed by atoms with Crippen LogP contribution in [-0.4, -0.2) is 52.7 Å². The molecule has 0 saturated carbocycles. The van der Waals surface area contributed by atoms with Crippen molar-refractivity contribution in [2.45, 2.75) is 32.1 Å². The second kappa shape index (κ2) is 10.9. The summed E-state index contributed by atoms with van der Waals surface area (Å²) in [5.41, 5.74) is 4.62. The average Bonchev–Trinajstić information content (AvgIpc) is 3.30. The maximum Gasteiger partial charge on any atom is 0.303 e. The molecule has 2 aromatic carbocycles. The lowest BCUT2D eigenvalue weighted by Gasteiger charge is -2.32. The molecule has 1 saturated heterocycles. The molecule has 0 radical (unpaired) electrons. The number of methoxy groups -OCH3 is 1. The summed E-state index contributed by atoms with van der Waals surface area (Å²) in [6, 6.07) is 18.1. The minimum absolute atomic E-state index is 0.218. The molecule has 0 spiro atoms. The molecule has 1 unspecified atom stereocenters. The quantitative estimate of drug-likeness (QED) is 0.326. The lowest BCUT2D eigenvalue weighted by atomic mass is 9.90. The monoisotopic (exact) mass is 485 g/mol. The van der Waals surface area contributed by atoms with Gasteiger partial charge in [-0.3, -0.25) is 4.79 Å². The fourth-order valence-corrected chi connectivity index (χ4v) is 5.22. The van der Waals surface area contributed by atoms with Crippen molar-refractivity contribution in [3.8, 4) is 28.2 Å². The van der Waals surface area contributed by atoms with Crippen LogP contribution in [0.5, 0.6) is 5.75 Å². The molecule has 36 heavy (non-hydrogen) atoms. The number of fused-ring (bicyclic) bond motifs is 1. The van der Waals surface area contributed by atoms with Gasteiger partial charge >= 0.3 is 5.97 Å². The van der Waals surface area contributed by atoms with Crippen LogP contribution in [0.15, 0.2) is 65.3 Å². The first kappa shape index (κ1) is 24.0. The van der Waals surface area contributed by atoms with Gasteiger partial charge in [-0.25, -0.2) is 9.97 Å². The van der Waals surface area contributed by atoms with E-state index in [1.165, 1.54) is 0 Å². The van der Waals surface area contributed by atoms with E-state index in [9.17, 15) is 4.79 Å². The molecule has 0 amide bonds. The topological polar surface area (TPSA) is 88.7 Å². The first-order valence-corrected chi connectivity index (χ1v) is 12.5. The molecule has 1 atom stereocenters. The van der Waals surface area contributed by atoms with E-state index in [-0.39, 0.29) is 6.42 Å². The number of likely N-dealkylation sites (tertiary alicyclic amines) is 1. The Kier molecular flexibility index (Phi) is 7.28. The van der Waals surface area contributed by atoms with Crippen LogP contribution >= 0.6 is 0 Å². The molecule has 186 valence electrons. The molecule has 5 rings (SSSR count). The number of carbonyl (C=O) groups is 1. The highest BCUT2D eigenvalue weighted by atomic mass is 16.5. The van der Waals surface area contributed by atoms with Crippen LogP contribution in [0.25, 0.3) is 33.6 Å². The van der Waals surface area contributed by atoms with Crippen molar-refractivity contribution in [3.05, 3.63) is 66.6 Å². The molecule has 2 aromatic heterocycles. The van der Waals surface area contributed by atoms with Gasteiger partial charge in [0.1, 0.15) is 17.8 Å². The summed E-state index contributed by atoms with van der Waals surface area (Å²) < 4.78 is 11.8. The summed E-state index contributed by atoms with van der Waals surface area (Å²) in [5, 5.41) is 9.94. The Bertz CT molecular complexity index is 1320. The van der Waals surface area contributed by atoms with Crippen LogP contribution in [0.2, 0.25) is 0 Å². The third kappa shape index (κ3) is 5.26. The number of piperidine rings is 1. The summed E-state index contributed by atoms with van der Waals surface area (Å²) in [7, 11) is 1.67. The lowest BCUT2D eigenvalue weighted by Crippen LogP contribution is -2.37. The van der Waals surface area contributed by atoms with E-state index in [1.54, 1.807) is 13.4 Å². The molecule has 3 heterocycles. The van der Waals surface area contributed by atoms with Crippen molar-refractivity contribution < 1.29 is 19.1 Å². The predicted molar refractivity (Wildman–Crippen MR) is 139 cm³/mol. The van der Waals surface area contributed by atoms with Crippen molar-refractivity contribution in [1.82, 2.24) is 14.9 Å². The number of aromatic nitrogens is 2. The first-order chi connectivity index (χ1) is 17.6. The molecule has 7 nitrogen and oxygen atoms in total. The van der Waals surface area contributed by atoms with Gasteiger partial charge in [0, 0.05) is 24.1 Å². The minimum Gasteiger partial charge on any atom is -0.497 e. The molecule has 0 aliphatic carbocycles. The molecule has 1 aliphatic heterocycles. The highest BCUT2D eigenvalue weighted by Crippen LogP contribution is 2.42. The number of rotatable bonds is 9. The number of hydrogen-bond acceptors (Lipinski definition) is 6. The number of nitrogens with zero attached hydrogens (tertiary/aromatic N) is 3. The number of aliphatic carboxylic acids is 1. The van der Waals surface area contributed by atoms with Crippen LogP contribution in [0.4, 0.5) is 0 Å². The number of ether oxygens (including phenoxy) is 1. The smallest absolute Gasteiger partial charge is 0.303 e. The normalized spacial score (nSPS) is 16.3. The van der Waals surface area contributed by atoms with Gasteiger partial charge in [-0.1, -0.05) is 42.5 Å². The minimum atomic E-state index is -0.729. The first-order valence-electron chi connectivity index (χ1n) is 12.5. The number of carboxylic acids is 1. The Morgan fingerprint density at radius 1 is 1.11 bits per heavy atom. The molecule has 1 aliphatic rings. The van der Waals surface area contributed by atoms with Gasteiger partial charge in [-0.15, -0.1) is 0 Å². The number of furan rings is 1. The molecule has 1 N–H and O–H groups in total. The fourth-order valence-electron chi connectivity index (χ4n) is 5.22. The largest absolute Gasteiger partial charge is 0.497 e. The Balaban J connectivity index is 1.50. The van der Waals surface area contributed by atoms with Crippen LogP contribution in [0.3, 0.4) is 0 Å². The highest BCUT2D eigenvalue weighted by Gasteiger charge is 2.26. The zero-order valence-corrected chi connectivity index (χ0v) is 20.5. The van der Waals surface area contributed by atoms with Gasteiger partial charge in [0.15, 0.2) is 0 Å². The van der Waals surface area contributed by atoms with Gasteiger partial charge in [0.25, 0.3) is 0 Å². The van der Waals surface area contributed by atoms with Gasteiger partial charge in [0.05, 0.1) is 18.2 Å². The zero-order valence-electron chi connectivity index (χ0n) is 20.5. The standard InChI is InChI=1S/C29H31N3O4/c1-35-23-13-11-21(12-14-23)26-27-24(17-20-7-5-15-32(18-20)16-6-10-25(33)34)30-19-31-29(27)36-28(26)22-8-3-2-4-9-22/h2-4,8-9,11-14,19-20H,5-7,10,15-18H2,1H3,(H,33,34). The van der Waals surface area contributed by atoms with Crippen LogP contribution in [0, 0.1) is 5.92 Å². The van der Waals surface area contributed by atoms with Crippen molar-refractivity contribution in [3.63, 3.8) is 0 Å². The predicted octanol–water partition coefficient (Wildman–Crippen LogP) is 5.68. The van der Waals surface area contributed by atoms with Crippen molar-refractivity contribution in [1.29, 1.82) is 0 Å². The van der Waals surface area contributed by atoms with Gasteiger partial charge in [-0.2, -0.15) is 0 Å². The summed E-state index contributed by atoms with van der Waals surface area (Å²) in [6.45, 7) is 2.80. The Morgan fingerprint density at radius 2 is 1.92 bits per heavy atom. The summed E-state index contributed by atoms with van der Waals surface area (Å²) in [5.74, 6) is 1.30. The molecule has 7 heteroatoms. The summed E-state index contributed by atoms with van der Waals surface area (Å²) >= 11 is 0. The van der Waals surface area contributed by atoms with Gasteiger partial charge in [0.2, 0.25) is 5.71 Å². The van der Waals surface area contributed by atoms with E-state index < -0.39 is 5.97 Å². The van der Waals surface area contributed by atoms with Crippen molar-refractivity contribution in [2.24, 2.45) is 5.92 Å². The van der Waals surface area contributed by atoms with E-state index >= 15 is 0 Å². The maximum absolute atomic E-state index is 10.9. The zero-order chi connectivity index (χ0) is 24.9. The molecule has 1 fully saturated rings. The Hall–Kier alpha value is -3.71. The number of hydrogen-bond donors (Lipinski definition) is 1. The molecule has 4 aromatic rings. The fraction of sp³-hybridized carbons (Fsp3) is 0.345. The van der Waals surface area contributed by atoms with E-state index in [0.29, 0.717) is 18.1 Å². The van der Waals surface area contributed by atoms with E-state index in [0.717, 1.165) is 78.2 Å². The van der Waals surface area contributed by atoms with Crippen molar-refractivity contribution in [2.75, 3.05) is 26.7 Å². The Labute approximate surface area is 210 Å². The van der Waals surface area contributed by atoms with Gasteiger partial charge in [-0.05, 0) is 62.4 Å². The number of benzene rings is 2. The SMILES string of the molecule is COc1ccc(-c2c(-c3ccccc3)oc3ncnc(CC4CCCN(CCCC(=O)O)C4)c23)cc1. The molecule has 0 bridgehead atoms. The third-order valence-electron chi connectivity index (χ3n) is 6.93. The van der Waals surface area contributed by atoms with Crippen LogP contribution < -0.4 is 4.74 Å². The van der Waals surface area contributed by atoms with Crippen LogP contribution in [-0.2, 0) is 11.2 Å². The summed E-state index contributed by atoms with van der Waals surface area (Å²) in [6.07, 6.45) is 5.56. The van der Waals surface area contributed by atoms with E-state index in [2.05, 4.69) is 22.0 Å². The molecular weight excluding hydrogens is 454 g/mol. The highest BCUT2D eigenvalue weighted by molar-refractivity contribution is 6.01. The Morgan fingerprint density at radius 3 is 2.67 bits per heavy atom. The maximum atomic E-state index is 10.9. The van der Waals surface area contributed by atoms with E-state index in [4.69, 9.17) is 19.2 Å². The number of carboxylic acid groups (broad SMARTS) is 1. The molecular formula is C29H31N3O4. The van der Waals surface area contributed by atoms with Gasteiger partial charge < -0.3 is 19.2 Å². The average molecular weight is 486 g/mol. The third-order valence-corrected chi connectivity index (χ3v) is 6.93. The van der Waals surface area contributed by atoms with E-state index in [1.807, 2.05) is 42.5 Å². The van der Waals surface area contributed by atoms with Crippen molar-refractivity contribution >= 4 is 17.1 Å². The van der Waals surface area contributed by atoms with Crippen LogP contribution in [0.1, 0.15) is 31.4 Å². The lowest BCUT2D eigenvalue weighted by molar-refractivity contribution is -0.137.